The summed E-state index contributed by atoms with van der Waals surface area (Å²) in [6.45, 7) is 3.58. The van der Waals surface area contributed by atoms with E-state index in [0.29, 0.717) is 58.2 Å². The van der Waals surface area contributed by atoms with Gasteiger partial charge in [-0.25, -0.2) is 8.42 Å². The molecule has 1 heterocycles. The molecule has 0 atom stereocenters. The monoisotopic (exact) mass is 416 g/mol. The van der Waals surface area contributed by atoms with Crippen LogP contribution in [0, 0.1) is 10.1 Å². The molecule has 0 radical (unpaired) electrons. The Balaban J connectivity index is 2.36. The van der Waals surface area contributed by atoms with Crippen molar-refractivity contribution in [2.75, 3.05) is 78.6 Å². The smallest absolute Gasteiger partial charge is 0.293 e. The van der Waals surface area contributed by atoms with Crippen LogP contribution in [0.2, 0.25) is 0 Å². The van der Waals surface area contributed by atoms with Gasteiger partial charge in [0.2, 0.25) is 10.0 Å². The van der Waals surface area contributed by atoms with Gasteiger partial charge < -0.3 is 19.3 Å². The molecule has 0 unspecified atom stereocenters. The Labute approximate surface area is 165 Å². The van der Waals surface area contributed by atoms with Crippen molar-refractivity contribution in [3.8, 4) is 0 Å². The third kappa shape index (κ3) is 5.39. The summed E-state index contributed by atoms with van der Waals surface area (Å²) in [5.41, 5.74) is 0.0961. The van der Waals surface area contributed by atoms with Gasteiger partial charge in [0.25, 0.3) is 5.69 Å². The molecule has 0 spiro atoms. The van der Waals surface area contributed by atoms with Crippen LogP contribution in [-0.2, 0) is 19.5 Å². The molecule has 1 aliphatic heterocycles. The fraction of sp³-hybridized carbons (Fsp3) is 0.647. The van der Waals surface area contributed by atoms with E-state index >= 15 is 0 Å². The Morgan fingerprint density at radius 2 is 1.68 bits per heavy atom. The van der Waals surface area contributed by atoms with Gasteiger partial charge in [-0.2, -0.15) is 4.31 Å². The molecule has 2 rings (SSSR count). The number of nitrogens with zero attached hydrogens (tertiary/aromatic N) is 4. The van der Waals surface area contributed by atoms with E-state index in [1.54, 1.807) is 19.1 Å². The first-order chi connectivity index (χ1) is 13.3. The third-order valence-corrected chi connectivity index (χ3v) is 6.61. The maximum Gasteiger partial charge on any atom is 0.293 e. The van der Waals surface area contributed by atoms with Gasteiger partial charge in [0, 0.05) is 59.6 Å². The number of piperazine rings is 1. The average molecular weight is 417 g/mol. The number of hydrogen-bond donors (Lipinski definition) is 0. The molecule has 11 heteroatoms. The summed E-state index contributed by atoms with van der Waals surface area (Å²) in [4.78, 5) is 14.9. The zero-order valence-electron chi connectivity index (χ0n) is 16.5. The average Bonchev–Trinajstić information content (AvgIpc) is 2.68. The topological polar surface area (TPSA) is 105 Å². The van der Waals surface area contributed by atoms with Gasteiger partial charge in [-0.3, -0.25) is 10.1 Å². The van der Waals surface area contributed by atoms with Gasteiger partial charge in [0.15, 0.2) is 0 Å². The van der Waals surface area contributed by atoms with Crippen LogP contribution in [0.5, 0.6) is 0 Å². The van der Waals surface area contributed by atoms with Crippen LogP contribution in [0.25, 0.3) is 0 Å². The molecule has 1 aromatic carbocycles. The minimum absolute atomic E-state index is 0.0639. The SMILES string of the molecule is COCCN(CCOC)c1ccc(S(=O)(=O)N2CCN(C)CC2)cc1[N+](=O)[O-]. The molecular weight excluding hydrogens is 388 g/mol. The number of methoxy groups -OCH3 is 2. The maximum absolute atomic E-state index is 12.9. The number of likely N-dealkylation sites (N-methyl/N-ethyl adjacent to an activating group) is 1. The molecule has 0 bridgehead atoms. The van der Waals surface area contributed by atoms with Crippen molar-refractivity contribution in [3.05, 3.63) is 28.3 Å². The molecule has 0 amide bonds. The van der Waals surface area contributed by atoms with Crippen LogP contribution < -0.4 is 4.90 Å². The molecule has 1 saturated heterocycles. The van der Waals surface area contributed by atoms with Crippen molar-refractivity contribution in [2.24, 2.45) is 0 Å². The van der Waals surface area contributed by atoms with Crippen LogP contribution in [0.1, 0.15) is 0 Å². The van der Waals surface area contributed by atoms with Crippen LogP contribution in [0.15, 0.2) is 23.1 Å². The molecule has 1 aromatic rings. The minimum atomic E-state index is -3.78. The molecule has 0 saturated carbocycles. The predicted octanol–water partition coefficient (Wildman–Crippen LogP) is 0.630. The number of hydrogen-bond acceptors (Lipinski definition) is 8. The van der Waals surface area contributed by atoms with Crippen molar-refractivity contribution in [3.63, 3.8) is 0 Å². The van der Waals surface area contributed by atoms with E-state index in [4.69, 9.17) is 9.47 Å². The van der Waals surface area contributed by atoms with Crippen LogP contribution in [0.4, 0.5) is 11.4 Å². The Bertz CT molecular complexity index is 757. The summed E-state index contributed by atoms with van der Waals surface area (Å²) < 4.78 is 37.4. The number of anilines is 1. The Kier molecular flexibility index (Phi) is 8.13. The summed E-state index contributed by atoms with van der Waals surface area (Å²) in [7, 11) is 1.25. The Morgan fingerprint density at radius 3 is 2.18 bits per heavy atom. The van der Waals surface area contributed by atoms with E-state index < -0.39 is 14.9 Å². The summed E-state index contributed by atoms with van der Waals surface area (Å²) in [6.07, 6.45) is 0. The maximum atomic E-state index is 12.9. The van der Waals surface area contributed by atoms with Crippen molar-refractivity contribution in [1.29, 1.82) is 0 Å². The highest BCUT2D eigenvalue weighted by atomic mass is 32.2. The number of sulfonamides is 1. The van der Waals surface area contributed by atoms with Gasteiger partial charge >= 0.3 is 0 Å². The summed E-state index contributed by atoms with van der Waals surface area (Å²) in [6, 6.07) is 4.07. The van der Waals surface area contributed by atoms with Crippen molar-refractivity contribution in [2.45, 2.75) is 4.90 Å². The quantitative estimate of drug-likeness (QED) is 0.404. The molecule has 28 heavy (non-hydrogen) atoms. The van der Waals surface area contributed by atoms with E-state index in [-0.39, 0.29) is 10.6 Å². The highest BCUT2D eigenvalue weighted by molar-refractivity contribution is 7.89. The second-order valence-electron chi connectivity index (χ2n) is 6.59. The first-order valence-electron chi connectivity index (χ1n) is 9.01. The zero-order valence-corrected chi connectivity index (χ0v) is 17.4. The van der Waals surface area contributed by atoms with Gasteiger partial charge in [-0.05, 0) is 19.2 Å². The number of ether oxygens (including phenoxy) is 2. The van der Waals surface area contributed by atoms with Crippen LogP contribution >= 0.6 is 0 Å². The first kappa shape index (κ1) is 22.5. The van der Waals surface area contributed by atoms with Crippen molar-refractivity contribution >= 4 is 21.4 Å². The highest BCUT2D eigenvalue weighted by Crippen LogP contribution is 2.32. The molecule has 1 fully saturated rings. The van der Waals surface area contributed by atoms with Gasteiger partial charge in [-0.1, -0.05) is 0 Å². The summed E-state index contributed by atoms with van der Waals surface area (Å²) >= 11 is 0. The largest absolute Gasteiger partial charge is 0.383 e. The molecular formula is C17H28N4O6S. The van der Waals surface area contributed by atoms with Gasteiger partial charge in [0.05, 0.1) is 23.0 Å². The Hall–Kier alpha value is -1.79. The van der Waals surface area contributed by atoms with E-state index in [1.807, 2.05) is 11.9 Å². The number of nitro groups is 1. The molecule has 10 nitrogen and oxygen atoms in total. The van der Waals surface area contributed by atoms with Crippen LogP contribution in [0.3, 0.4) is 0 Å². The van der Waals surface area contributed by atoms with Crippen LogP contribution in [-0.4, -0.2) is 96.3 Å². The zero-order chi connectivity index (χ0) is 20.7. The highest BCUT2D eigenvalue weighted by Gasteiger charge is 2.30. The first-order valence-corrected chi connectivity index (χ1v) is 10.4. The molecule has 1 aliphatic rings. The molecule has 158 valence electrons. The molecule has 0 N–H and O–H groups in total. The van der Waals surface area contributed by atoms with E-state index in [2.05, 4.69) is 0 Å². The minimum Gasteiger partial charge on any atom is -0.383 e. The van der Waals surface area contributed by atoms with Gasteiger partial charge in [-0.15, -0.1) is 0 Å². The predicted molar refractivity (Wildman–Crippen MR) is 105 cm³/mol. The van der Waals surface area contributed by atoms with Crippen molar-refractivity contribution in [1.82, 2.24) is 9.21 Å². The fourth-order valence-electron chi connectivity index (χ4n) is 3.01. The lowest BCUT2D eigenvalue weighted by molar-refractivity contribution is -0.384. The number of rotatable bonds is 10. The lowest BCUT2D eigenvalue weighted by Crippen LogP contribution is -2.47. The normalized spacial score (nSPS) is 16.2. The number of benzene rings is 1. The van der Waals surface area contributed by atoms with E-state index in [9.17, 15) is 18.5 Å². The standard InChI is InChI=1S/C17H28N4O6S/c1-18-6-8-20(9-7-18)28(24,25)15-4-5-16(17(14-15)21(22)23)19(10-12-26-2)11-13-27-3/h4-5,14H,6-13H2,1-3H3. The Morgan fingerprint density at radius 1 is 1.11 bits per heavy atom. The lowest BCUT2D eigenvalue weighted by Gasteiger charge is -2.31. The van der Waals surface area contributed by atoms with Gasteiger partial charge in [0.1, 0.15) is 5.69 Å². The summed E-state index contributed by atoms with van der Waals surface area (Å²) in [5, 5.41) is 11.7. The lowest BCUT2D eigenvalue weighted by atomic mass is 10.2. The molecule has 0 aliphatic carbocycles. The fourth-order valence-corrected chi connectivity index (χ4v) is 4.45. The third-order valence-electron chi connectivity index (χ3n) is 4.71. The van der Waals surface area contributed by atoms with E-state index in [1.165, 1.54) is 16.4 Å². The number of nitro benzene ring substituents is 1. The second-order valence-corrected chi connectivity index (χ2v) is 8.53. The van der Waals surface area contributed by atoms with Crippen molar-refractivity contribution < 1.29 is 22.8 Å². The van der Waals surface area contributed by atoms with E-state index in [0.717, 1.165) is 6.07 Å². The second kappa shape index (κ2) is 10.1. The molecule has 0 aromatic heterocycles. The summed E-state index contributed by atoms with van der Waals surface area (Å²) in [5.74, 6) is 0.